The van der Waals surface area contributed by atoms with Gasteiger partial charge < -0.3 is 10.2 Å². The van der Waals surface area contributed by atoms with Crippen LogP contribution in [-0.2, 0) is 13.0 Å². The minimum absolute atomic E-state index is 0.0667. The van der Waals surface area contributed by atoms with Crippen LogP contribution in [0.5, 0.6) is 0 Å². The van der Waals surface area contributed by atoms with E-state index in [2.05, 4.69) is 26.6 Å². The molecule has 4 rings (SSSR count). The van der Waals surface area contributed by atoms with Crippen molar-refractivity contribution in [3.63, 3.8) is 0 Å². The predicted molar refractivity (Wildman–Crippen MR) is 94.1 cm³/mol. The molecule has 2 N–H and O–H groups in total. The van der Waals surface area contributed by atoms with Crippen LogP contribution in [0.15, 0.2) is 24.3 Å². The van der Waals surface area contributed by atoms with Gasteiger partial charge in [-0.1, -0.05) is 12.1 Å². The Bertz CT molecular complexity index is 866. The summed E-state index contributed by atoms with van der Waals surface area (Å²) < 4.78 is 1.14. The number of thiazole rings is 1. The molecular formula is C17H19N5OS. The normalized spacial score (nSPS) is 15.2. The van der Waals surface area contributed by atoms with E-state index in [0.29, 0.717) is 12.2 Å². The number of benzene rings is 1. The van der Waals surface area contributed by atoms with Gasteiger partial charge in [0.15, 0.2) is 5.69 Å². The molecule has 0 saturated carbocycles. The highest BCUT2D eigenvalue weighted by Gasteiger charge is 2.27. The molecule has 1 unspecified atom stereocenters. The van der Waals surface area contributed by atoms with Crippen LogP contribution in [0.1, 0.15) is 39.7 Å². The molecule has 1 aliphatic rings. The lowest BCUT2D eigenvalue weighted by molar-refractivity contribution is 0.0735. The molecule has 0 fully saturated rings. The smallest absolute Gasteiger partial charge is 0.275 e. The van der Waals surface area contributed by atoms with Crippen molar-refractivity contribution in [1.29, 1.82) is 0 Å². The lowest BCUT2D eigenvalue weighted by atomic mass is 10.1. The SMILES string of the molecule is CC(c1nc2ccccc2s1)N(C)C(=O)c1n[nH]c2c1CNCC2. The molecule has 0 bridgehead atoms. The van der Waals surface area contributed by atoms with Crippen LogP contribution >= 0.6 is 11.3 Å². The number of nitrogens with one attached hydrogen (secondary N) is 2. The second-order valence-corrected chi connectivity index (χ2v) is 7.13. The molecule has 2 aromatic heterocycles. The maximum absolute atomic E-state index is 12.9. The van der Waals surface area contributed by atoms with Crippen LogP contribution in [0.2, 0.25) is 0 Å². The monoisotopic (exact) mass is 341 g/mol. The van der Waals surface area contributed by atoms with Crippen LogP contribution in [-0.4, -0.2) is 39.6 Å². The number of hydrogen-bond donors (Lipinski definition) is 2. The maximum atomic E-state index is 12.9. The van der Waals surface area contributed by atoms with Gasteiger partial charge in [0.1, 0.15) is 5.01 Å². The summed E-state index contributed by atoms with van der Waals surface area (Å²) in [5.41, 5.74) is 3.56. The molecule has 0 spiro atoms. The van der Waals surface area contributed by atoms with E-state index in [1.807, 2.05) is 32.2 Å². The van der Waals surface area contributed by atoms with Gasteiger partial charge >= 0.3 is 0 Å². The summed E-state index contributed by atoms with van der Waals surface area (Å²) in [5.74, 6) is -0.0667. The molecule has 3 aromatic rings. The van der Waals surface area contributed by atoms with E-state index in [-0.39, 0.29) is 11.9 Å². The lowest BCUT2D eigenvalue weighted by Gasteiger charge is -2.23. The molecule has 1 aromatic carbocycles. The summed E-state index contributed by atoms with van der Waals surface area (Å²) in [6.45, 7) is 3.62. The molecule has 0 saturated heterocycles. The zero-order chi connectivity index (χ0) is 16.7. The summed E-state index contributed by atoms with van der Waals surface area (Å²) in [7, 11) is 1.82. The Morgan fingerprint density at radius 3 is 3.04 bits per heavy atom. The Balaban J connectivity index is 1.61. The number of rotatable bonds is 3. The number of para-hydroxylation sites is 1. The number of aromatic nitrogens is 3. The fraction of sp³-hybridized carbons (Fsp3) is 0.353. The summed E-state index contributed by atoms with van der Waals surface area (Å²) in [6.07, 6.45) is 0.882. The molecule has 3 heterocycles. The number of hydrogen-bond acceptors (Lipinski definition) is 5. The van der Waals surface area contributed by atoms with Crippen LogP contribution in [0.25, 0.3) is 10.2 Å². The van der Waals surface area contributed by atoms with Crippen LogP contribution < -0.4 is 5.32 Å². The van der Waals surface area contributed by atoms with Gasteiger partial charge in [0.25, 0.3) is 5.91 Å². The molecule has 124 valence electrons. The second kappa shape index (κ2) is 5.99. The summed E-state index contributed by atoms with van der Waals surface area (Å²) in [4.78, 5) is 19.3. The van der Waals surface area contributed by atoms with E-state index >= 15 is 0 Å². The first kappa shape index (κ1) is 15.3. The van der Waals surface area contributed by atoms with Gasteiger partial charge in [-0.05, 0) is 19.1 Å². The van der Waals surface area contributed by atoms with Crippen molar-refractivity contribution in [3.05, 3.63) is 46.2 Å². The number of carbonyl (C=O) groups is 1. The molecule has 1 atom stereocenters. The lowest BCUT2D eigenvalue weighted by Crippen LogP contribution is -2.32. The van der Waals surface area contributed by atoms with E-state index in [9.17, 15) is 4.79 Å². The first-order valence-corrected chi connectivity index (χ1v) is 8.86. The maximum Gasteiger partial charge on any atom is 0.275 e. The Morgan fingerprint density at radius 2 is 2.21 bits per heavy atom. The Morgan fingerprint density at radius 1 is 1.38 bits per heavy atom. The van der Waals surface area contributed by atoms with Crippen molar-refractivity contribution in [2.75, 3.05) is 13.6 Å². The summed E-state index contributed by atoms with van der Waals surface area (Å²) >= 11 is 1.63. The molecule has 0 radical (unpaired) electrons. The van der Waals surface area contributed by atoms with Gasteiger partial charge in [-0.3, -0.25) is 9.89 Å². The van der Waals surface area contributed by atoms with Gasteiger partial charge in [0.05, 0.1) is 16.3 Å². The minimum atomic E-state index is -0.0983. The van der Waals surface area contributed by atoms with Crippen molar-refractivity contribution in [3.8, 4) is 0 Å². The standard InChI is InChI=1S/C17H19N5OS/c1-10(16-19-13-5-3-4-6-14(13)24-16)22(2)17(23)15-11-9-18-8-7-12(11)20-21-15/h3-6,10,18H,7-9H2,1-2H3,(H,20,21). The molecule has 1 aliphatic heterocycles. The average molecular weight is 341 g/mol. The van der Waals surface area contributed by atoms with E-state index < -0.39 is 0 Å². The molecule has 7 heteroatoms. The van der Waals surface area contributed by atoms with Crippen LogP contribution in [0.4, 0.5) is 0 Å². The third-order valence-corrected chi connectivity index (χ3v) is 5.78. The summed E-state index contributed by atoms with van der Waals surface area (Å²) in [5, 5.41) is 11.5. The number of fused-ring (bicyclic) bond motifs is 2. The highest BCUT2D eigenvalue weighted by Crippen LogP contribution is 2.30. The van der Waals surface area contributed by atoms with Crippen molar-refractivity contribution in [2.24, 2.45) is 0 Å². The largest absolute Gasteiger partial charge is 0.331 e. The zero-order valence-corrected chi connectivity index (χ0v) is 14.5. The van der Waals surface area contributed by atoms with Crippen molar-refractivity contribution >= 4 is 27.5 Å². The number of H-pyrrole nitrogens is 1. The molecular weight excluding hydrogens is 322 g/mol. The Kier molecular flexibility index (Phi) is 3.82. The van der Waals surface area contributed by atoms with Gasteiger partial charge in [-0.2, -0.15) is 5.10 Å². The van der Waals surface area contributed by atoms with E-state index in [1.165, 1.54) is 0 Å². The summed E-state index contributed by atoms with van der Waals surface area (Å²) in [6, 6.07) is 7.94. The van der Waals surface area contributed by atoms with Crippen LogP contribution in [0, 0.1) is 0 Å². The van der Waals surface area contributed by atoms with Gasteiger partial charge in [-0.15, -0.1) is 11.3 Å². The quantitative estimate of drug-likeness (QED) is 0.768. The van der Waals surface area contributed by atoms with Crippen LogP contribution in [0.3, 0.4) is 0 Å². The van der Waals surface area contributed by atoms with E-state index in [1.54, 1.807) is 16.2 Å². The highest BCUT2D eigenvalue weighted by molar-refractivity contribution is 7.18. The fourth-order valence-corrected chi connectivity index (χ4v) is 4.04. The third-order valence-electron chi connectivity index (χ3n) is 4.58. The van der Waals surface area contributed by atoms with E-state index in [4.69, 9.17) is 0 Å². The molecule has 24 heavy (non-hydrogen) atoms. The number of carbonyl (C=O) groups excluding carboxylic acids is 1. The van der Waals surface area contributed by atoms with E-state index in [0.717, 1.165) is 39.4 Å². The number of aromatic amines is 1. The van der Waals surface area contributed by atoms with Gasteiger partial charge in [0, 0.05) is 37.8 Å². The predicted octanol–water partition coefficient (Wildman–Crippen LogP) is 2.50. The zero-order valence-electron chi connectivity index (χ0n) is 13.7. The van der Waals surface area contributed by atoms with Crippen molar-refractivity contribution in [1.82, 2.24) is 25.4 Å². The van der Waals surface area contributed by atoms with Gasteiger partial charge in [-0.25, -0.2) is 4.98 Å². The highest BCUT2D eigenvalue weighted by atomic mass is 32.1. The Hall–Kier alpha value is -2.25. The number of nitrogens with zero attached hydrogens (tertiary/aromatic N) is 3. The van der Waals surface area contributed by atoms with Crippen molar-refractivity contribution < 1.29 is 4.79 Å². The first-order chi connectivity index (χ1) is 11.6. The third kappa shape index (κ3) is 2.50. The van der Waals surface area contributed by atoms with Gasteiger partial charge in [0.2, 0.25) is 0 Å². The topological polar surface area (TPSA) is 73.9 Å². The Labute approximate surface area is 143 Å². The van der Waals surface area contributed by atoms with Crippen molar-refractivity contribution in [2.45, 2.75) is 25.9 Å². The first-order valence-electron chi connectivity index (χ1n) is 8.04. The fourth-order valence-electron chi connectivity index (χ4n) is 2.98. The number of amides is 1. The molecule has 6 nitrogen and oxygen atoms in total. The minimum Gasteiger partial charge on any atom is -0.331 e. The molecule has 1 amide bonds. The average Bonchev–Trinajstić information content (AvgIpc) is 3.23. The molecule has 0 aliphatic carbocycles. The second-order valence-electron chi connectivity index (χ2n) is 6.07.